The van der Waals surface area contributed by atoms with Crippen LogP contribution in [0.2, 0.25) is 0 Å². The van der Waals surface area contributed by atoms with Gasteiger partial charge in [0.25, 0.3) is 0 Å². The molecule has 24 heavy (non-hydrogen) atoms. The Kier molecular flexibility index (Phi) is 6.71. The Morgan fingerprint density at radius 1 is 1.25 bits per heavy atom. The lowest BCUT2D eigenvalue weighted by atomic mass is 10.2. The number of nitrogens with zero attached hydrogens (tertiary/aromatic N) is 3. The molecule has 126 valence electrons. The van der Waals surface area contributed by atoms with Gasteiger partial charge in [0.05, 0.1) is 11.7 Å². The average molecular weight is 344 g/mol. The minimum Gasteiger partial charge on any atom is -0.382 e. The molecular formula is C16H20N6OS. The molecule has 0 radical (unpaired) electrons. The van der Waals surface area contributed by atoms with Crippen molar-refractivity contribution in [2.75, 3.05) is 23.1 Å². The molecule has 0 bridgehead atoms. The Labute approximate surface area is 144 Å². The van der Waals surface area contributed by atoms with E-state index in [4.69, 9.17) is 11.5 Å². The number of carbonyl (C=O) groups excluding carboxylic acids is 1. The number of nitrogens with two attached hydrogens (primary N) is 2. The summed E-state index contributed by atoms with van der Waals surface area (Å²) in [6.07, 6.45) is 2.57. The summed E-state index contributed by atoms with van der Waals surface area (Å²) in [4.78, 5) is 16.1. The molecule has 1 heterocycles. The highest BCUT2D eigenvalue weighted by Crippen LogP contribution is 2.24. The van der Waals surface area contributed by atoms with Gasteiger partial charge in [-0.3, -0.25) is 4.79 Å². The number of rotatable bonds is 7. The van der Waals surface area contributed by atoms with E-state index in [9.17, 15) is 4.79 Å². The molecule has 5 N–H and O–H groups in total. The van der Waals surface area contributed by atoms with Crippen molar-refractivity contribution in [2.45, 2.75) is 12.5 Å². The number of amides is 1. The van der Waals surface area contributed by atoms with Gasteiger partial charge in [-0.2, -0.15) is 16.9 Å². The molecule has 0 saturated heterocycles. The van der Waals surface area contributed by atoms with Gasteiger partial charge in [0.15, 0.2) is 5.82 Å². The van der Waals surface area contributed by atoms with Crippen LogP contribution in [0.25, 0.3) is 0 Å². The molecule has 2 aromatic rings. The monoisotopic (exact) mass is 344 g/mol. The van der Waals surface area contributed by atoms with Crippen molar-refractivity contribution in [3.63, 3.8) is 0 Å². The summed E-state index contributed by atoms with van der Waals surface area (Å²) in [6.45, 7) is 0. The molecule has 0 spiro atoms. The molecule has 1 atom stereocenters. The first-order valence-electron chi connectivity index (χ1n) is 7.39. The maximum atomic E-state index is 12.0. The van der Waals surface area contributed by atoms with Crippen molar-refractivity contribution in [3.05, 3.63) is 42.5 Å². The number of carbonyl (C=O) groups is 1. The summed E-state index contributed by atoms with van der Waals surface area (Å²) in [5.41, 5.74) is 12.8. The van der Waals surface area contributed by atoms with E-state index >= 15 is 0 Å². The summed E-state index contributed by atoms with van der Waals surface area (Å²) in [6, 6.07) is 12.0. The summed E-state index contributed by atoms with van der Waals surface area (Å²) in [5, 5.41) is 10.8. The van der Waals surface area contributed by atoms with Crippen LogP contribution in [-0.2, 0) is 4.79 Å². The van der Waals surface area contributed by atoms with Crippen LogP contribution in [0.3, 0.4) is 0 Å². The second-order valence-corrected chi connectivity index (χ2v) is 6.00. The first-order chi connectivity index (χ1) is 11.6. The third-order valence-electron chi connectivity index (χ3n) is 3.15. The zero-order valence-electron chi connectivity index (χ0n) is 13.3. The fourth-order valence-corrected chi connectivity index (χ4v) is 2.31. The predicted octanol–water partition coefficient (Wildman–Crippen LogP) is 3.10. The van der Waals surface area contributed by atoms with Gasteiger partial charge in [-0.15, -0.1) is 5.11 Å². The maximum absolute atomic E-state index is 12.0. The molecule has 1 aromatic heterocycles. The molecule has 1 aromatic carbocycles. The molecule has 0 aliphatic rings. The number of aromatic nitrogens is 1. The molecular weight excluding hydrogens is 324 g/mol. The molecule has 0 unspecified atom stereocenters. The zero-order chi connectivity index (χ0) is 17.4. The van der Waals surface area contributed by atoms with Crippen LogP contribution in [0.4, 0.5) is 23.0 Å². The van der Waals surface area contributed by atoms with Crippen molar-refractivity contribution in [3.8, 4) is 0 Å². The van der Waals surface area contributed by atoms with Crippen LogP contribution in [0.1, 0.15) is 6.42 Å². The number of pyridine rings is 1. The molecule has 0 aliphatic carbocycles. The lowest BCUT2D eigenvalue weighted by molar-refractivity contribution is -0.117. The fraction of sp³-hybridized carbons (Fsp3) is 0.250. The van der Waals surface area contributed by atoms with E-state index in [0.717, 1.165) is 5.75 Å². The van der Waals surface area contributed by atoms with Crippen LogP contribution in [0.5, 0.6) is 0 Å². The number of anilines is 2. The molecule has 8 heteroatoms. The minimum atomic E-state index is -0.571. The molecule has 7 nitrogen and oxygen atoms in total. The number of hydrogen-bond donors (Lipinski definition) is 3. The van der Waals surface area contributed by atoms with E-state index in [1.807, 2.05) is 36.6 Å². The molecule has 0 aliphatic heterocycles. The van der Waals surface area contributed by atoms with Crippen molar-refractivity contribution < 1.29 is 4.79 Å². The van der Waals surface area contributed by atoms with Crippen LogP contribution in [-0.4, -0.2) is 28.9 Å². The van der Waals surface area contributed by atoms with E-state index in [-0.39, 0.29) is 11.7 Å². The summed E-state index contributed by atoms with van der Waals surface area (Å²) < 4.78 is 0. The molecule has 2 rings (SSSR count). The number of hydrogen-bond acceptors (Lipinski definition) is 7. The van der Waals surface area contributed by atoms with Crippen molar-refractivity contribution in [1.29, 1.82) is 0 Å². The second-order valence-electron chi connectivity index (χ2n) is 5.01. The molecule has 0 fully saturated rings. The Morgan fingerprint density at radius 2 is 2.00 bits per heavy atom. The summed E-state index contributed by atoms with van der Waals surface area (Å²) in [7, 11) is 0. The number of nitrogen functional groups attached to an aromatic ring is 1. The highest BCUT2D eigenvalue weighted by molar-refractivity contribution is 7.98. The van der Waals surface area contributed by atoms with Gasteiger partial charge in [-0.1, -0.05) is 18.2 Å². The lowest BCUT2D eigenvalue weighted by Gasteiger charge is -2.11. The summed E-state index contributed by atoms with van der Waals surface area (Å²) in [5.74, 6) is 1.07. The van der Waals surface area contributed by atoms with Gasteiger partial charge in [0.2, 0.25) is 5.91 Å². The average Bonchev–Trinajstić information content (AvgIpc) is 2.59. The molecule has 0 saturated carbocycles. The van der Waals surface area contributed by atoms with Crippen LogP contribution < -0.4 is 16.8 Å². The first kappa shape index (κ1) is 17.9. The normalized spacial score (nSPS) is 12.2. The standard InChI is InChI=1S/C16H20N6OS/c1-24-10-9-12(17)16(23)20-14-8-7-13(15(18)19-14)22-21-11-5-3-2-4-6-11/h2-8,12H,9-10,17H2,1H3,(H3,18,19,20,23)/t12-/m0/s1. The predicted molar refractivity (Wildman–Crippen MR) is 98.9 cm³/mol. The third-order valence-corrected chi connectivity index (χ3v) is 3.80. The zero-order valence-corrected chi connectivity index (χ0v) is 14.2. The van der Waals surface area contributed by atoms with Gasteiger partial charge in [-0.05, 0) is 42.7 Å². The molecule has 1 amide bonds. The van der Waals surface area contributed by atoms with Crippen LogP contribution >= 0.6 is 11.8 Å². The van der Waals surface area contributed by atoms with Crippen LogP contribution in [0.15, 0.2) is 52.7 Å². The minimum absolute atomic E-state index is 0.185. The summed E-state index contributed by atoms with van der Waals surface area (Å²) >= 11 is 1.64. The number of thioether (sulfide) groups is 1. The Hall–Kier alpha value is -2.45. The van der Waals surface area contributed by atoms with Crippen LogP contribution in [0, 0.1) is 0 Å². The van der Waals surface area contributed by atoms with Gasteiger partial charge in [0, 0.05) is 0 Å². The number of azo groups is 1. The topological polar surface area (TPSA) is 119 Å². The van der Waals surface area contributed by atoms with Crippen molar-refractivity contribution >= 4 is 40.7 Å². The highest BCUT2D eigenvalue weighted by Gasteiger charge is 2.14. The first-order valence-corrected chi connectivity index (χ1v) is 8.78. The fourth-order valence-electron chi connectivity index (χ4n) is 1.82. The van der Waals surface area contributed by atoms with Gasteiger partial charge >= 0.3 is 0 Å². The van der Waals surface area contributed by atoms with E-state index < -0.39 is 6.04 Å². The smallest absolute Gasteiger partial charge is 0.242 e. The quantitative estimate of drug-likeness (QED) is 0.667. The largest absolute Gasteiger partial charge is 0.382 e. The second kappa shape index (κ2) is 8.99. The van der Waals surface area contributed by atoms with E-state index in [0.29, 0.717) is 23.6 Å². The van der Waals surface area contributed by atoms with Gasteiger partial charge in [0.1, 0.15) is 11.5 Å². The Morgan fingerprint density at radius 3 is 2.67 bits per heavy atom. The highest BCUT2D eigenvalue weighted by atomic mass is 32.2. The van der Waals surface area contributed by atoms with E-state index in [2.05, 4.69) is 20.5 Å². The SMILES string of the molecule is CSCC[C@H](N)C(=O)Nc1ccc(N=Nc2ccccc2)c(N)n1. The van der Waals surface area contributed by atoms with E-state index in [1.165, 1.54) is 0 Å². The Balaban J connectivity index is 2.01. The third kappa shape index (κ3) is 5.32. The van der Waals surface area contributed by atoms with Crippen molar-refractivity contribution in [2.24, 2.45) is 16.0 Å². The Bertz CT molecular complexity index is 707. The maximum Gasteiger partial charge on any atom is 0.242 e. The number of benzene rings is 1. The van der Waals surface area contributed by atoms with Gasteiger partial charge < -0.3 is 16.8 Å². The number of nitrogens with one attached hydrogen (secondary N) is 1. The van der Waals surface area contributed by atoms with E-state index in [1.54, 1.807) is 23.9 Å². The van der Waals surface area contributed by atoms with Crippen molar-refractivity contribution in [1.82, 2.24) is 4.98 Å². The van der Waals surface area contributed by atoms with Gasteiger partial charge in [-0.25, -0.2) is 4.98 Å². The lowest BCUT2D eigenvalue weighted by Crippen LogP contribution is -2.36.